The number of thiophene rings is 1. The Hall–Kier alpha value is -2.63. The molecule has 0 saturated heterocycles. The topological polar surface area (TPSA) is 50.4 Å². The van der Waals surface area contributed by atoms with Crippen molar-refractivity contribution >= 4 is 17.2 Å². The fraction of sp³-hybridized carbons (Fsp3) is 0.227. The third-order valence-electron chi connectivity index (χ3n) is 4.43. The zero-order chi connectivity index (χ0) is 19.1. The fourth-order valence-electron chi connectivity index (χ4n) is 2.90. The van der Waals surface area contributed by atoms with Crippen molar-refractivity contribution < 1.29 is 9.53 Å². The Labute approximate surface area is 164 Å². The van der Waals surface area contributed by atoms with E-state index < -0.39 is 0 Å². The average molecular weight is 381 g/mol. The van der Waals surface area contributed by atoms with Gasteiger partial charge in [0, 0.05) is 10.9 Å². The predicted octanol–water partition coefficient (Wildman–Crippen LogP) is 4.31. The SMILES string of the molecule is COc1ccc([C@H](NC(=O)CN[C@@H](C)c2cccs2)c2ccccc2)cc1. The smallest absolute Gasteiger partial charge is 0.234 e. The Bertz CT molecular complexity index is 833. The number of amides is 1. The molecule has 0 fully saturated rings. The zero-order valence-electron chi connectivity index (χ0n) is 15.5. The molecule has 4 nitrogen and oxygen atoms in total. The summed E-state index contributed by atoms with van der Waals surface area (Å²) in [5, 5.41) is 8.48. The number of nitrogens with one attached hydrogen (secondary N) is 2. The van der Waals surface area contributed by atoms with Crippen molar-refractivity contribution in [2.24, 2.45) is 0 Å². The minimum absolute atomic E-state index is 0.0388. The Kier molecular flexibility index (Phi) is 6.63. The molecule has 27 heavy (non-hydrogen) atoms. The van der Waals surface area contributed by atoms with Crippen LogP contribution < -0.4 is 15.4 Å². The van der Waals surface area contributed by atoms with Gasteiger partial charge < -0.3 is 15.4 Å². The van der Waals surface area contributed by atoms with Crippen LogP contribution in [-0.2, 0) is 4.79 Å². The highest BCUT2D eigenvalue weighted by Crippen LogP contribution is 2.24. The number of methoxy groups -OCH3 is 1. The van der Waals surface area contributed by atoms with Gasteiger partial charge in [0.05, 0.1) is 19.7 Å². The molecule has 2 aromatic carbocycles. The Morgan fingerprint density at radius 3 is 2.33 bits per heavy atom. The number of ether oxygens (including phenoxy) is 1. The maximum atomic E-state index is 12.6. The van der Waals surface area contributed by atoms with Gasteiger partial charge in [0.25, 0.3) is 0 Å². The average Bonchev–Trinajstić information content (AvgIpc) is 3.26. The van der Waals surface area contributed by atoms with E-state index in [0.29, 0.717) is 0 Å². The van der Waals surface area contributed by atoms with Crippen LogP contribution >= 0.6 is 11.3 Å². The number of rotatable bonds is 8. The Morgan fingerprint density at radius 2 is 1.70 bits per heavy atom. The molecule has 2 N–H and O–H groups in total. The summed E-state index contributed by atoms with van der Waals surface area (Å²) in [5.74, 6) is 0.756. The molecule has 0 unspecified atom stereocenters. The van der Waals surface area contributed by atoms with Crippen LogP contribution in [-0.4, -0.2) is 19.6 Å². The summed E-state index contributed by atoms with van der Waals surface area (Å²) in [4.78, 5) is 13.8. The van der Waals surface area contributed by atoms with E-state index in [0.717, 1.165) is 16.9 Å². The summed E-state index contributed by atoms with van der Waals surface area (Å²) in [6, 6.07) is 21.8. The minimum Gasteiger partial charge on any atom is -0.497 e. The van der Waals surface area contributed by atoms with E-state index in [9.17, 15) is 4.79 Å². The van der Waals surface area contributed by atoms with E-state index >= 15 is 0 Å². The largest absolute Gasteiger partial charge is 0.497 e. The summed E-state index contributed by atoms with van der Waals surface area (Å²) < 4.78 is 5.24. The quantitative estimate of drug-likeness (QED) is 0.612. The van der Waals surface area contributed by atoms with E-state index in [-0.39, 0.29) is 24.5 Å². The van der Waals surface area contributed by atoms with E-state index in [1.165, 1.54) is 4.88 Å². The molecule has 0 aliphatic carbocycles. The lowest BCUT2D eigenvalue weighted by Gasteiger charge is -2.21. The second kappa shape index (κ2) is 9.35. The van der Waals surface area contributed by atoms with E-state index in [4.69, 9.17) is 4.74 Å². The molecule has 3 aromatic rings. The summed E-state index contributed by atoms with van der Waals surface area (Å²) in [7, 11) is 1.64. The van der Waals surface area contributed by atoms with Crippen LogP contribution in [0.4, 0.5) is 0 Å². The van der Waals surface area contributed by atoms with Crippen molar-refractivity contribution in [2.45, 2.75) is 19.0 Å². The highest BCUT2D eigenvalue weighted by Gasteiger charge is 2.17. The molecular formula is C22H24N2O2S. The fourth-order valence-corrected chi connectivity index (χ4v) is 3.66. The lowest BCUT2D eigenvalue weighted by molar-refractivity contribution is -0.120. The lowest BCUT2D eigenvalue weighted by Crippen LogP contribution is -2.37. The van der Waals surface area contributed by atoms with Gasteiger partial charge in [-0.2, -0.15) is 0 Å². The first-order valence-corrected chi connectivity index (χ1v) is 9.80. The molecular weight excluding hydrogens is 356 g/mol. The molecule has 1 amide bonds. The second-order valence-electron chi connectivity index (χ2n) is 6.30. The van der Waals surface area contributed by atoms with Gasteiger partial charge in [0.2, 0.25) is 5.91 Å². The van der Waals surface area contributed by atoms with Crippen LogP contribution in [0.25, 0.3) is 0 Å². The van der Waals surface area contributed by atoms with E-state index in [2.05, 4.69) is 23.6 Å². The van der Waals surface area contributed by atoms with Crippen LogP contribution in [0.3, 0.4) is 0 Å². The molecule has 0 spiro atoms. The van der Waals surface area contributed by atoms with Crippen molar-refractivity contribution in [3.8, 4) is 5.75 Å². The van der Waals surface area contributed by atoms with Gasteiger partial charge in [0.15, 0.2) is 0 Å². The van der Waals surface area contributed by atoms with E-state index in [1.807, 2.05) is 66.0 Å². The maximum absolute atomic E-state index is 12.6. The molecule has 0 aliphatic rings. The van der Waals surface area contributed by atoms with Gasteiger partial charge >= 0.3 is 0 Å². The maximum Gasteiger partial charge on any atom is 0.234 e. The van der Waals surface area contributed by atoms with Gasteiger partial charge in [-0.25, -0.2) is 0 Å². The Balaban J connectivity index is 1.70. The molecule has 1 aromatic heterocycles. The summed E-state index contributed by atoms with van der Waals surface area (Å²) in [6.07, 6.45) is 0. The zero-order valence-corrected chi connectivity index (χ0v) is 16.3. The van der Waals surface area contributed by atoms with E-state index in [1.54, 1.807) is 18.4 Å². The molecule has 3 rings (SSSR count). The highest BCUT2D eigenvalue weighted by atomic mass is 32.1. The van der Waals surface area contributed by atoms with Crippen LogP contribution in [0.15, 0.2) is 72.1 Å². The number of hydrogen-bond donors (Lipinski definition) is 2. The van der Waals surface area contributed by atoms with Gasteiger partial charge in [0.1, 0.15) is 5.75 Å². The number of hydrogen-bond acceptors (Lipinski definition) is 4. The standard InChI is InChI=1S/C22H24N2O2S/c1-16(20-9-6-14-27-20)23-15-21(25)24-22(17-7-4-3-5-8-17)18-10-12-19(26-2)13-11-18/h3-14,16,22-23H,15H2,1-2H3,(H,24,25)/t16-,22+/m0/s1. The first-order chi connectivity index (χ1) is 13.2. The van der Waals surface area contributed by atoms with Crippen molar-refractivity contribution in [1.29, 1.82) is 0 Å². The van der Waals surface area contributed by atoms with Crippen LogP contribution in [0.5, 0.6) is 5.75 Å². The molecule has 0 bridgehead atoms. The molecule has 0 aliphatic heterocycles. The molecule has 1 heterocycles. The van der Waals surface area contributed by atoms with Crippen LogP contribution in [0.2, 0.25) is 0 Å². The molecule has 2 atom stereocenters. The molecule has 0 saturated carbocycles. The summed E-state index contributed by atoms with van der Waals surface area (Å²) >= 11 is 1.69. The van der Waals surface area contributed by atoms with Gasteiger partial charge in [-0.1, -0.05) is 48.5 Å². The number of carbonyl (C=O) groups is 1. The minimum atomic E-state index is -0.205. The van der Waals surface area contributed by atoms with Crippen LogP contribution in [0.1, 0.15) is 35.0 Å². The molecule has 140 valence electrons. The van der Waals surface area contributed by atoms with Crippen molar-refractivity contribution in [1.82, 2.24) is 10.6 Å². The third-order valence-corrected chi connectivity index (χ3v) is 5.48. The van der Waals surface area contributed by atoms with Crippen LogP contribution in [0, 0.1) is 0 Å². The summed E-state index contributed by atoms with van der Waals surface area (Å²) in [5.41, 5.74) is 2.06. The first-order valence-electron chi connectivity index (χ1n) is 8.92. The van der Waals surface area contributed by atoms with Crippen molar-refractivity contribution in [3.63, 3.8) is 0 Å². The third kappa shape index (κ3) is 5.18. The highest BCUT2D eigenvalue weighted by molar-refractivity contribution is 7.10. The predicted molar refractivity (Wildman–Crippen MR) is 110 cm³/mol. The molecule has 0 radical (unpaired) electrons. The van der Waals surface area contributed by atoms with Crippen molar-refractivity contribution in [2.75, 3.05) is 13.7 Å². The number of carbonyl (C=O) groups excluding carboxylic acids is 1. The number of benzene rings is 2. The monoisotopic (exact) mass is 380 g/mol. The van der Waals surface area contributed by atoms with Gasteiger partial charge in [-0.05, 0) is 41.6 Å². The normalized spacial score (nSPS) is 13.0. The Morgan fingerprint density at radius 1 is 1.00 bits per heavy atom. The lowest BCUT2D eigenvalue weighted by atomic mass is 9.98. The van der Waals surface area contributed by atoms with Gasteiger partial charge in [-0.3, -0.25) is 4.79 Å². The van der Waals surface area contributed by atoms with Crippen molar-refractivity contribution in [3.05, 3.63) is 88.1 Å². The second-order valence-corrected chi connectivity index (χ2v) is 7.28. The molecule has 5 heteroatoms. The summed E-state index contributed by atoms with van der Waals surface area (Å²) in [6.45, 7) is 2.33. The first kappa shape index (κ1) is 19.1. The van der Waals surface area contributed by atoms with Gasteiger partial charge in [-0.15, -0.1) is 11.3 Å².